The zero-order chi connectivity index (χ0) is 23.6. The fourth-order valence-corrected chi connectivity index (χ4v) is 4.26. The Bertz CT molecular complexity index is 933. The molecule has 33 heavy (non-hydrogen) atoms. The number of benzene rings is 1. The van der Waals surface area contributed by atoms with Gasteiger partial charge < -0.3 is 19.4 Å². The molecular formula is C24H31N3O5S. The van der Waals surface area contributed by atoms with Crippen LogP contribution in [0.4, 0.5) is 0 Å². The van der Waals surface area contributed by atoms with E-state index in [0.29, 0.717) is 43.9 Å². The number of carbonyl (C=O) groups excluding carboxylic acids is 3. The molecule has 1 unspecified atom stereocenters. The van der Waals surface area contributed by atoms with E-state index >= 15 is 0 Å². The highest BCUT2D eigenvalue weighted by Gasteiger charge is 2.28. The predicted molar refractivity (Wildman–Crippen MR) is 127 cm³/mol. The third-order valence-corrected chi connectivity index (χ3v) is 6.22. The molecule has 1 aromatic carbocycles. The van der Waals surface area contributed by atoms with Gasteiger partial charge in [0.25, 0.3) is 5.91 Å². The summed E-state index contributed by atoms with van der Waals surface area (Å²) in [6, 6.07) is 11.8. The summed E-state index contributed by atoms with van der Waals surface area (Å²) in [6.07, 6.45) is 3.39. The van der Waals surface area contributed by atoms with Gasteiger partial charge in [-0.2, -0.15) is 11.8 Å². The van der Waals surface area contributed by atoms with E-state index in [9.17, 15) is 14.4 Å². The molecule has 1 aliphatic heterocycles. The maximum atomic E-state index is 13.3. The molecule has 1 fully saturated rings. The van der Waals surface area contributed by atoms with Gasteiger partial charge in [0.1, 0.15) is 11.8 Å². The highest BCUT2D eigenvalue weighted by atomic mass is 32.2. The Morgan fingerprint density at radius 2 is 1.88 bits per heavy atom. The van der Waals surface area contributed by atoms with Crippen molar-refractivity contribution in [1.82, 2.24) is 15.1 Å². The monoisotopic (exact) mass is 473 g/mol. The van der Waals surface area contributed by atoms with Crippen LogP contribution in [-0.2, 0) is 16.1 Å². The number of thioether (sulfide) groups is 1. The first kappa shape index (κ1) is 24.9. The van der Waals surface area contributed by atoms with E-state index in [0.717, 1.165) is 18.7 Å². The number of ether oxygens (including phenoxy) is 1. The summed E-state index contributed by atoms with van der Waals surface area (Å²) < 4.78 is 10.3. The average molecular weight is 474 g/mol. The van der Waals surface area contributed by atoms with E-state index in [4.69, 9.17) is 4.42 Å². The van der Waals surface area contributed by atoms with Crippen molar-refractivity contribution in [3.05, 3.63) is 59.5 Å². The lowest BCUT2D eigenvalue weighted by molar-refractivity contribution is -0.133. The molecule has 2 heterocycles. The first-order valence-electron chi connectivity index (χ1n) is 11.0. The molecule has 2 amide bonds. The van der Waals surface area contributed by atoms with E-state index in [-0.39, 0.29) is 17.6 Å². The Labute approximate surface area is 198 Å². The predicted octanol–water partition coefficient (Wildman–Crippen LogP) is 2.65. The van der Waals surface area contributed by atoms with Crippen LogP contribution in [0.1, 0.15) is 39.5 Å². The lowest BCUT2D eigenvalue weighted by Gasteiger charge is -2.27. The van der Waals surface area contributed by atoms with E-state index in [2.05, 4.69) is 15.0 Å². The number of furan rings is 1. The molecule has 0 bridgehead atoms. The zero-order valence-corrected chi connectivity index (χ0v) is 19.9. The van der Waals surface area contributed by atoms with Crippen LogP contribution in [0.25, 0.3) is 0 Å². The van der Waals surface area contributed by atoms with Crippen molar-refractivity contribution in [3.63, 3.8) is 0 Å². The van der Waals surface area contributed by atoms with Crippen molar-refractivity contribution >= 4 is 29.5 Å². The molecule has 8 nitrogen and oxygen atoms in total. The lowest BCUT2D eigenvalue weighted by atomic mass is 10.1. The molecule has 1 aromatic heterocycles. The average Bonchev–Trinajstić information content (AvgIpc) is 3.18. The topological polar surface area (TPSA) is 92.1 Å². The normalized spacial score (nSPS) is 15.5. The summed E-state index contributed by atoms with van der Waals surface area (Å²) in [7, 11) is 1.32. The summed E-state index contributed by atoms with van der Waals surface area (Å²) in [4.78, 5) is 41.6. The Kier molecular flexibility index (Phi) is 9.38. The van der Waals surface area contributed by atoms with Gasteiger partial charge in [0.05, 0.1) is 13.7 Å². The standard InChI is InChI=1S/C24H31N3O5S/c1-31-24(30)21-10-9-19(32-21)17-26-12-6-13-27(15-14-26)23(29)20(11-16-33-2)25-22(28)18-7-4-3-5-8-18/h3-5,7-10,20H,6,11-17H2,1-2H3,(H,25,28). The highest BCUT2D eigenvalue weighted by molar-refractivity contribution is 7.98. The van der Waals surface area contributed by atoms with Crippen molar-refractivity contribution in [2.24, 2.45) is 0 Å². The van der Waals surface area contributed by atoms with Crippen LogP contribution in [-0.4, -0.2) is 78.9 Å². The van der Waals surface area contributed by atoms with Crippen LogP contribution in [0.15, 0.2) is 46.9 Å². The number of hydrogen-bond donors (Lipinski definition) is 1. The Hall–Kier alpha value is -2.78. The Morgan fingerprint density at radius 3 is 2.61 bits per heavy atom. The van der Waals surface area contributed by atoms with Gasteiger partial charge in [-0.3, -0.25) is 14.5 Å². The summed E-state index contributed by atoms with van der Waals surface area (Å²) in [5.74, 6) is 0.884. The second-order valence-electron chi connectivity index (χ2n) is 7.89. The van der Waals surface area contributed by atoms with Crippen molar-refractivity contribution < 1.29 is 23.5 Å². The van der Waals surface area contributed by atoms with Crippen LogP contribution in [0, 0.1) is 0 Å². The molecule has 1 atom stereocenters. The molecule has 0 saturated carbocycles. The van der Waals surface area contributed by atoms with Gasteiger partial charge >= 0.3 is 5.97 Å². The van der Waals surface area contributed by atoms with Crippen LogP contribution in [0.2, 0.25) is 0 Å². The number of nitrogens with one attached hydrogen (secondary N) is 1. The Balaban J connectivity index is 1.58. The number of esters is 1. The number of carbonyl (C=O) groups is 3. The van der Waals surface area contributed by atoms with Gasteiger partial charge in [-0.25, -0.2) is 4.79 Å². The fraction of sp³-hybridized carbons (Fsp3) is 0.458. The molecule has 1 aliphatic rings. The third-order valence-electron chi connectivity index (χ3n) is 5.58. The van der Waals surface area contributed by atoms with E-state index < -0.39 is 12.0 Å². The summed E-state index contributed by atoms with van der Waals surface area (Å²) >= 11 is 1.65. The minimum absolute atomic E-state index is 0.0406. The molecule has 178 valence electrons. The lowest BCUT2D eigenvalue weighted by Crippen LogP contribution is -2.49. The second kappa shape index (κ2) is 12.5. The maximum Gasteiger partial charge on any atom is 0.373 e. The maximum absolute atomic E-state index is 13.3. The molecule has 0 spiro atoms. The van der Waals surface area contributed by atoms with Gasteiger partial charge in [-0.05, 0) is 49.1 Å². The van der Waals surface area contributed by atoms with Crippen molar-refractivity contribution in [2.75, 3.05) is 45.3 Å². The van der Waals surface area contributed by atoms with Gasteiger partial charge in [0.15, 0.2) is 0 Å². The van der Waals surface area contributed by atoms with Gasteiger partial charge in [0.2, 0.25) is 11.7 Å². The van der Waals surface area contributed by atoms with E-state index in [1.165, 1.54) is 7.11 Å². The first-order valence-corrected chi connectivity index (χ1v) is 12.4. The number of methoxy groups -OCH3 is 1. The third kappa shape index (κ3) is 7.10. The van der Waals surface area contributed by atoms with Crippen LogP contribution in [0.3, 0.4) is 0 Å². The second-order valence-corrected chi connectivity index (χ2v) is 8.87. The molecule has 0 aliphatic carbocycles. The van der Waals surface area contributed by atoms with Crippen LogP contribution >= 0.6 is 11.8 Å². The minimum Gasteiger partial charge on any atom is -0.463 e. The van der Waals surface area contributed by atoms with Crippen LogP contribution < -0.4 is 5.32 Å². The fourth-order valence-electron chi connectivity index (χ4n) is 3.79. The molecule has 3 rings (SSSR count). The summed E-state index contributed by atoms with van der Waals surface area (Å²) in [5.41, 5.74) is 0.547. The molecule has 0 radical (unpaired) electrons. The largest absolute Gasteiger partial charge is 0.463 e. The van der Waals surface area contributed by atoms with E-state index in [1.807, 2.05) is 29.4 Å². The van der Waals surface area contributed by atoms with Crippen molar-refractivity contribution in [1.29, 1.82) is 0 Å². The summed E-state index contributed by atoms with van der Waals surface area (Å²) in [5, 5.41) is 2.94. The van der Waals surface area contributed by atoms with Gasteiger partial charge in [-0.15, -0.1) is 0 Å². The first-order chi connectivity index (χ1) is 16.0. The Morgan fingerprint density at radius 1 is 1.09 bits per heavy atom. The highest BCUT2D eigenvalue weighted by Crippen LogP contribution is 2.15. The van der Waals surface area contributed by atoms with E-state index in [1.54, 1.807) is 36.0 Å². The van der Waals surface area contributed by atoms with Crippen molar-refractivity contribution in [3.8, 4) is 0 Å². The number of rotatable bonds is 9. The number of hydrogen-bond acceptors (Lipinski definition) is 7. The SMILES string of the molecule is COC(=O)c1ccc(CN2CCCN(C(=O)C(CCSC)NC(=O)c3ccccc3)CC2)o1. The molecule has 1 N–H and O–H groups in total. The smallest absolute Gasteiger partial charge is 0.373 e. The number of nitrogens with zero attached hydrogens (tertiary/aromatic N) is 2. The van der Waals surface area contributed by atoms with Crippen molar-refractivity contribution in [2.45, 2.75) is 25.4 Å². The quantitative estimate of drug-likeness (QED) is 0.560. The molecule has 2 aromatic rings. The molecule has 9 heteroatoms. The molecular weight excluding hydrogens is 442 g/mol. The summed E-state index contributed by atoms with van der Waals surface area (Å²) in [6.45, 7) is 3.25. The van der Waals surface area contributed by atoms with Gasteiger partial charge in [-0.1, -0.05) is 18.2 Å². The zero-order valence-electron chi connectivity index (χ0n) is 19.1. The van der Waals surface area contributed by atoms with Gasteiger partial charge in [0, 0.05) is 31.7 Å². The minimum atomic E-state index is -0.551. The van der Waals surface area contributed by atoms with Crippen LogP contribution in [0.5, 0.6) is 0 Å². The number of amides is 2. The molecule has 1 saturated heterocycles.